The van der Waals surface area contributed by atoms with Crippen molar-refractivity contribution in [3.63, 3.8) is 0 Å². The van der Waals surface area contributed by atoms with Gasteiger partial charge in [0.25, 0.3) is 0 Å². The minimum Gasteiger partial charge on any atom is -0.456 e. The van der Waals surface area contributed by atoms with E-state index in [1.807, 2.05) is 36.4 Å². The molecule has 0 saturated carbocycles. The molecule has 0 amide bonds. The number of ether oxygens (including phenoxy) is 1. The number of hydrogen-bond acceptors (Lipinski definition) is 1. The summed E-state index contributed by atoms with van der Waals surface area (Å²) in [6.45, 7) is 0. The number of benzene rings is 3. The summed E-state index contributed by atoms with van der Waals surface area (Å²) < 4.78 is 6.93. The second-order valence-electron chi connectivity index (χ2n) is 4.59. The van der Waals surface area contributed by atoms with Crippen molar-refractivity contribution in [1.29, 1.82) is 0 Å². The first-order valence-electron chi connectivity index (χ1n) is 6.38. The van der Waals surface area contributed by atoms with Gasteiger partial charge in [-0.15, -0.1) is 11.6 Å². The molecule has 0 atom stereocenters. The van der Waals surface area contributed by atoms with Crippen molar-refractivity contribution in [3.8, 4) is 11.5 Å². The number of halogens is 3. The summed E-state index contributed by atoms with van der Waals surface area (Å²) in [5.41, 5.74) is 0.865. The van der Waals surface area contributed by atoms with Gasteiger partial charge in [0.15, 0.2) is 0 Å². The Balaban J connectivity index is 2.04. The Bertz CT molecular complexity index is 802. The van der Waals surface area contributed by atoms with Crippen LogP contribution in [0.15, 0.2) is 59.1 Å². The predicted octanol–water partition coefficient (Wildman–Crippen LogP) is 6.79. The molecule has 3 aromatic rings. The third-order valence-electron chi connectivity index (χ3n) is 3.21. The lowest BCUT2D eigenvalue weighted by Crippen LogP contribution is -1.91. The summed E-state index contributed by atoms with van der Waals surface area (Å²) in [6, 6.07) is 17.6. The monoisotopic (exact) mass is 380 g/mol. The first-order chi connectivity index (χ1) is 10.2. The highest BCUT2D eigenvalue weighted by Crippen LogP contribution is 2.37. The molecule has 0 aliphatic heterocycles. The van der Waals surface area contributed by atoms with Gasteiger partial charge in [-0.25, -0.2) is 0 Å². The molecule has 0 bridgehead atoms. The van der Waals surface area contributed by atoms with Gasteiger partial charge in [-0.2, -0.15) is 0 Å². The molecule has 0 radical (unpaired) electrons. The van der Waals surface area contributed by atoms with Gasteiger partial charge < -0.3 is 4.74 Å². The zero-order valence-electron chi connectivity index (χ0n) is 10.9. The standard InChI is InChI=1S/C17H11BrCl2O/c18-17-14-4-2-1-3-11(14)5-7-16(17)21-15-8-6-13(20)9-12(15)10-19/h1-9H,10H2. The van der Waals surface area contributed by atoms with E-state index in [1.54, 1.807) is 6.07 Å². The summed E-state index contributed by atoms with van der Waals surface area (Å²) in [5, 5.41) is 2.91. The third kappa shape index (κ3) is 3.03. The Morgan fingerprint density at radius 1 is 0.952 bits per heavy atom. The minimum absolute atomic E-state index is 0.348. The van der Waals surface area contributed by atoms with Gasteiger partial charge in [0.2, 0.25) is 0 Å². The molecule has 106 valence electrons. The zero-order valence-corrected chi connectivity index (χ0v) is 14.0. The first kappa shape index (κ1) is 14.7. The number of fused-ring (bicyclic) bond motifs is 1. The average Bonchev–Trinajstić information content (AvgIpc) is 2.51. The minimum atomic E-state index is 0.348. The highest BCUT2D eigenvalue weighted by Gasteiger charge is 2.10. The van der Waals surface area contributed by atoms with Gasteiger partial charge in [0.05, 0.1) is 10.4 Å². The Morgan fingerprint density at radius 2 is 1.71 bits per heavy atom. The van der Waals surface area contributed by atoms with Gasteiger partial charge in [-0.05, 0) is 51.0 Å². The SMILES string of the molecule is ClCc1cc(Cl)ccc1Oc1ccc2ccccc2c1Br. The Kier molecular flexibility index (Phi) is 4.39. The van der Waals surface area contributed by atoms with Crippen LogP contribution in [0.4, 0.5) is 0 Å². The second-order valence-corrected chi connectivity index (χ2v) is 6.08. The van der Waals surface area contributed by atoms with Gasteiger partial charge in [-0.3, -0.25) is 0 Å². The number of rotatable bonds is 3. The van der Waals surface area contributed by atoms with E-state index in [-0.39, 0.29) is 0 Å². The molecule has 1 nitrogen and oxygen atoms in total. The normalized spacial score (nSPS) is 10.8. The molecule has 0 fully saturated rings. The van der Waals surface area contributed by atoms with Gasteiger partial charge in [-0.1, -0.05) is 41.9 Å². The van der Waals surface area contributed by atoms with Crippen LogP contribution in [-0.4, -0.2) is 0 Å². The maximum Gasteiger partial charge on any atom is 0.142 e. The zero-order chi connectivity index (χ0) is 14.8. The van der Waals surface area contributed by atoms with E-state index >= 15 is 0 Å². The number of alkyl halides is 1. The highest BCUT2D eigenvalue weighted by atomic mass is 79.9. The fourth-order valence-electron chi connectivity index (χ4n) is 2.16. The quantitative estimate of drug-likeness (QED) is 0.454. The molecule has 0 aromatic heterocycles. The van der Waals surface area contributed by atoms with Crippen LogP contribution in [-0.2, 0) is 5.88 Å². The Morgan fingerprint density at radius 3 is 2.52 bits per heavy atom. The van der Waals surface area contributed by atoms with Crippen molar-refractivity contribution in [1.82, 2.24) is 0 Å². The summed E-state index contributed by atoms with van der Waals surface area (Å²) in [5.74, 6) is 1.81. The summed E-state index contributed by atoms with van der Waals surface area (Å²) >= 11 is 15.6. The molecule has 0 N–H and O–H groups in total. The molecule has 0 aliphatic rings. The van der Waals surface area contributed by atoms with E-state index in [9.17, 15) is 0 Å². The van der Waals surface area contributed by atoms with E-state index in [4.69, 9.17) is 27.9 Å². The number of hydrogen-bond donors (Lipinski definition) is 0. The van der Waals surface area contributed by atoms with Crippen molar-refractivity contribution < 1.29 is 4.74 Å². The van der Waals surface area contributed by atoms with E-state index in [0.717, 1.165) is 26.6 Å². The van der Waals surface area contributed by atoms with Gasteiger partial charge in [0, 0.05) is 10.6 Å². The highest BCUT2D eigenvalue weighted by molar-refractivity contribution is 9.10. The molecule has 0 unspecified atom stereocenters. The fraction of sp³-hybridized carbons (Fsp3) is 0.0588. The van der Waals surface area contributed by atoms with E-state index < -0.39 is 0 Å². The van der Waals surface area contributed by atoms with Crippen LogP contribution < -0.4 is 4.74 Å². The van der Waals surface area contributed by atoms with Crippen LogP contribution in [0.2, 0.25) is 5.02 Å². The van der Waals surface area contributed by atoms with Crippen LogP contribution in [0.25, 0.3) is 10.8 Å². The maximum atomic E-state index is 6.00. The summed E-state index contributed by atoms with van der Waals surface area (Å²) in [6.07, 6.45) is 0. The van der Waals surface area contributed by atoms with Crippen molar-refractivity contribution in [3.05, 3.63) is 69.7 Å². The molecule has 0 saturated heterocycles. The molecule has 21 heavy (non-hydrogen) atoms. The molecule has 0 heterocycles. The smallest absolute Gasteiger partial charge is 0.142 e. The Hall–Kier alpha value is -1.22. The largest absolute Gasteiger partial charge is 0.456 e. The lowest BCUT2D eigenvalue weighted by Gasteiger charge is -2.13. The Labute approximate surface area is 141 Å². The third-order valence-corrected chi connectivity index (χ3v) is 4.56. The maximum absolute atomic E-state index is 6.00. The topological polar surface area (TPSA) is 9.23 Å². The fourth-order valence-corrected chi connectivity index (χ4v) is 3.14. The van der Waals surface area contributed by atoms with Crippen LogP contribution in [0.1, 0.15) is 5.56 Å². The molecule has 3 rings (SSSR count). The average molecular weight is 382 g/mol. The van der Waals surface area contributed by atoms with Crippen LogP contribution in [0.5, 0.6) is 11.5 Å². The first-order valence-corrected chi connectivity index (χ1v) is 8.09. The van der Waals surface area contributed by atoms with Gasteiger partial charge >= 0.3 is 0 Å². The molecule has 0 aliphatic carbocycles. The molecular weight excluding hydrogens is 371 g/mol. The van der Waals surface area contributed by atoms with Crippen molar-refractivity contribution in [2.24, 2.45) is 0 Å². The summed E-state index contributed by atoms with van der Waals surface area (Å²) in [4.78, 5) is 0. The lowest BCUT2D eigenvalue weighted by atomic mass is 10.1. The molecule has 0 spiro atoms. The molecular formula is C17H11BrCl2O. The molecule has 3 aromatic carbocycles. The van der Waals surface area contributed by atoms with Crippen molar-refractivity contribution in [2.45, 2.75) is 5.88 Å². The second kappa shape index (κ2) is 6.27. The van der Waals surface area contributed by atoms with E-state index in [0.29, 0.717) is 16.7 Å². The van der Waals surface area contributed by atoms with Crippen molar-refractivity contribution >= 4 is 49.9 Å². The molecule has 4 heteroatoms. The lowest BCUT2D eigenvalue weighted by molar-refractivity contribution is 0.476. The predicted molar refractivity (Wildman–Crippen MR) is 92.7 cm³/mol. The van der Waals surface area contributed by atoms with Crippen molar-refractivity contribution in [2.75, 3.05) is 0 Å². The van der Waals surface area contributed by atoms with Crippen LogP contribution in [0.3, 0.4) is 0 Å². The van der Waals surface area contributed by atoms with Crippen LogP contribution in [0, 0.1) is 0 Å². The van der Waals surface area contributed by atoms with E-state index in [2.05, 4.69) is 28.1 Å². The van der Waals surface area contributed by atoms with Crippen LogP contribution >= 0.6 is 39.1 Å². The van der Waals surface area contributed by atoms with E-state index in [1.165, 1.54) is 0 Å². The van der Waals surface area contributed by atoms with Gasteiger partial charge in [0.1, 0.15) is 11.5 Å². The summed E-state index contributed by atoms with van der Waals surface area (Å²) in [7, 11) is 0.